The molecule has 0 fully saturated rings. The maximum absolute atomic E-state index is 12.8. The van der Waals surface area contributed by atoms with Gasteiger partial charge in [0.15, 0.2) is 5.82 Å². The first kappa shape index (κ1) is 18.0. The first-order valence-electron chi connectivity index (χ1n) is 8.40. The van der Waals surface area contributed by atoms with Crippen LogP contribution in [-0.4, -0.2) is 35.9 Å². The Morgan fingerprint density at radius 2 is 1.68 bits per heavy atom. The van der Waals surface area contributed by atoms with Crippen molar-refractivity contribution in [3.8, 4) is 28.6 Å². The van der Waals surface area contributed by atoms with Crippen LogP contribution in [0.4, 0.5) is 0 Å². The lowest BCUT2D eigenvalue weighted by Gasteiger charge is -2.06. The van der Waals surface area contributed by atoms with Crippen molar-refractivity contribution in [3.63, 3.8) is 0 Å². The molecule has 8 heteroatoms. The van der Waals surface area contributed by atoms with E-state index < -0.39 is 0 Å². The Kier molecular flexibility index (Phi) is 4.70. The predicted octanol–water partition coefficient (Wildman–Crippen LogP) is 2.39. The average molecular weight is 395 g/mol. The van der Waals surface area contributed by atoms with Gasteiger partial charge in [-0.25, -0.2) is 0 Å². The monoisotopic (exact) mass is 395 g/mol. The zero-order chi connectivity index (χ0) is 19.7. The standard InChI is InChI=1S/C20H17N3O4S/c1-25-14-7-4-12(5-8-14)18-21-20-23(22-18)19(24)17(28-20)10-13-6-9-15(26-2)11-16(13)27-3/h4-11H,1-3H3/b17-10+. The summed E-state index contributed by atoms with van der Waals surface area (Å²) >= 11 is 1.28. The van der Waals surface area contributed by atoms with Gasteiger partial charge in [-0.1, -0.05) is 11.3 Å². The summed E-state index contributed by atoms with van der Waals surface area (Å²) in [7, 11) is 4.78. The van der Waals surface area contributed by atoms with Gasteiger partial charge in [0.1, 0.15) is 17.2 Å². The SMILES string of the molecule is COc1ccc(-c2nc3s/c(=C/c4ccc(OC)cc4OC)c(=O)n3n2)cc1. The Labute approximate surface area is 164 Å². The summed E-state index contributed by atoms with van der Waals surface area (Å²) in [6.45, 7) is 0. The molecule has 0 unspecified atom stereocenters. The number of aromatic nitrogens is 3. The number of ether oxygens (including phenoxy) is 3. The van der Waals surface area contributed by atoms with Crippen molar-refractivity contribution in [2.75, 3.05) is 21.3 Å². The van der Waals surface area contributed by atoms with Gasteiger partial charge in [-0.15, -0.1) is 5.10 Å². The highest BCUT2D eigenvalue weighted by Crippen LogP contribution is 2.25. The van der Waals surface area contributed by atoms with E-state index in [1.807, 2.05) is 36.4 Å². The third-order valence-electron chi connectivity index (χ3n) is 4.26. The van der Waals surface area contributed by atoms with Crippen LogP contribution in [0, 0.1) is 0 Å². The summed E-state index contributed by atoms with van der Waals surface area (Å²) in [5, 5.41) is 4.36. The molecule has 0 atom stereocenters. The lowest BCUT2D eigenvalue weighted by molar-refractivity contribution is 0.393. The van der Waals surface area contributed by atoms with Crippen LogP contribution in [-0.2, 0) is 0 Å². The normalized spacial score (nSPS) is 11.8. The minimum absolute atomic E-state index is 0.217. The summed E-state index contributed by atoms with van der Waals surface area (Å²) in [4.78, 5) is 17.8. The highest BCUT2D eigenvalue weighted by molar-refractivity contribution is 7.15. The Morgan fingerprint density at radius 1 is 0.964 bits per heavy atom. The molecule has 0 aliphatic heterocycles. The smallest absolute Gasteiger partial charge is 0.291 e. The second-order valence-electron chi connectivity index (χ2n) is 5.88. The zero-order valence-electron chi connectivity index (χ0n) is 15.5. The third kappa shape index (κ3) is 3.18. The summed E-state index contributed by atoms with van der Waals surface area (Å²) in [6.07, 6.45) is 1.77. The topological polar surface area (TPSA) is 75.0 Å². The van der Waals surface area contributed by atoms with E-state index in [0.717, 1.165) is 16.9 Å². The van der Waals surface area contributed by atoms with Gasteiger partial charge in [-0.05, 0) is 42.5 Å². The number of methoxy groups -OCH3 is 3. The van der Waals surface area contributed by atoms with Gasteiger partial charge in [-0.3, -0.25) is 4.79 Å². The first-order chi connectivity index (χ1) is 13.6. The minimum atomic E-state index is -0.217. The number of benzene rings is 2. The van der Waals surface area contributed by atoms with Gasteiger partial charge in [0.25, 0.3) is 5.56 Å². The number of hydrogen-bond donors (Lipinski definition) is 0. The molecule has 0 amide bonds. The van der Waals surface area contributed by atoms with Crippen molar-refractivity contribution >= 4 is 22.4 Å². The van der Waals surface area contributed by atoms with Gasteiger partial charge in [-0.2, -0.15) is 9.50 Å². The largest absolute Gasteiger partial charge is 0.497 e. The van der Waals surface area contributed by atoms with Crippen molar-refractivity contribution in [3.05, 3.63) is 62.9 Å². The van der Waals surface area contributed by atoms with Gasteiger partial charge in [0.2, 0.25) is 4.96 Å². The van der Waals surface area contributed by atoms with E-state index in [2.05, 4.69) is 10.1 Å². The van der Waals surface area contributed by atoms with Crippen LogP contribution in [0.15, 0.2) is 47.3 Å². The van der Waals surface area contributed by atoms with Crippen molar-refractivity contribution in [1.29, 1.82) is 0 Å². The minimum Gasteiger partial charge on any atom is -0.497 e. The molecule has 2 aromatic carbocycles. The molecule has 0 bridgehead atoms. The van der Waals surface area contributed by atoms with Crippen LogP contribution in [0.3, 0.4) is 0 Å². The van der Waals surface area contributed by atoms with E-state index in [1.165, 1.54) is 15.9 Å². The van der Waals surface area contributed by atoms with Crippen LogP contribution in [0.25, 0.3) is 22.4 Å². The van der Waals surface area contributed by atoms with E-state index in [4.69, 9.17) is 14.2 Å². The predicted molar refractivity (Wildman–Crippen MR) is 107 cm³/mol. The zero-order valence-corrected chi connectivity index (χ0v) is 16.3. The van der Waals surface area contributed by atoms with Crippen LogP contribution < -0.4 is 24.3 Å². The highest BCUT2D eigenvalue weighted by atomic mass is 32.1. The Balaban J connectivity index is 1.76. The Morgan fingerprint density at radius 3 is 2.32 bits per heavy atom. The number of fused-ring (bicyclic) bond motifs is 1. The maximum atomic E-state index is 12.8. The Bertz CT molecular complexity index is 1250. The van der Waals surface area contributed by atoms with Gasteiger partial charge >= 0.3 is 0 Å². The molecule has 0 spiro atoms. The van der Waals surface area contributed by atoms with Crippen LogP contribution in [0.1, 0.15) is 5.56 Å². The van der Waals surface area contributed by atoms with Gasteiger partial charge in [0, 0.05) is 17.2 Å². The molecule has 0 radical (unpaired) electrons. The van der Waals surface area contributed by atoms with Gasteiger partial charge in [0.05, 0.1) is 25.9 Å². The molecule has 0 saturated heterocycles. The lowest BCUT2D eigenvalue weighted by atomic mass is 10.2. The summed E-state index contributed by atoms with van der Waals surface area (Å²) in [5.41, 5.74) is 1.38. The number of hydrogen-bond acceptors (Lipinski definition) is 7. The molecule has 28 heavy (non-hydrogen) atoms. The van der Waals surface area contributed by atoms with E-state index >= 15 is 0 Å². The lowest BCUT2D eigenvalue weighted by Crippen LogP contribution is -2.23. The molecule has 4 rings (SSSR count). The van der Waals surface area contributed by atoms with Crippen LogP contribution in [0.2, 0.25) is 0 Å². The number of nitrogens with zero attached hydrogens (tertiary/aromatic N) is 3. The molecule has 0 N–H and O–H groups in total. The average Bonchev–Trinajstić information content (AvgIpc) is 3.28. The number of rotatable bonds is 5. The van der Waals surface area contributed by atoms with Crippen molar-refractivity contribution in [1.82, 2.24) is 14.6 Å². The van der Waals surface area contributed by atoms with E-state index in [1.54, 1.807) is 33.5 Å². The molecule has 0 aliphatic rings. The second-order valence-corrected chi connectivity index (χ2v) is 6.89. The van der Waals surface area contributed by atoms with E-state index in [9.17, 15) is 4.79 Å². The van der Waals surface area contributed by atoms with Crippen molar-refractivity contribution in [2.24, 2.45) is 0 Å². The molecule has 0 saturated carbocycles. The molecule has 142 valence electrons. The van der Waals surface area contributed by atoms with Crippen molar-refractivity contribution in [2.45, 2.75) is 0 Å². The second kappa shape index (κ2) is 7.32. The third-order valence-corrected chi connectivity index (χ3v) is 5.22. The summed E-state index contributed by atoms with van der Waals surface area (Å²) in [6, 6.07) is 12.8. The summed E-state index contributed by atoms with van der Waals surface area (Å²) in [5.74, 6) is 2.55. The molecule has 2 aromatic heterocycles. The van der Waals surface area contributed by atoms with Crippen LogP contribution >= 0.6 is 11.3 Å². The molecule has 0 aliphatic carbocycles. The molecule has 4 aromatic rings. The Hall–Kier alpha value is -3.39. The maximum Gasteiger partial charge on any atom is 0.291 e. The fourth-order valence-electron chi connectivity index (χ4n) is 2.78. The van der Waals surface area contributed by atoms with Crippen molar-refractivity contribution < 1.29 is 14.2 Å². The fraction of sp³-hybridized carbons (Fsp3) is 0.150. The molecular weight excluding hydrogens is 378 g/mol. The fourth-order valence-corrected chi connectivity index (χ4v) is 3.67. The molecular formula is C20H17N3O4S. The molecule has 2 heterocycles. The van der Waals surface area contributed by atoms with Gasteiger partial charge < -0.3 is 14.2 Å². The first-order valence-corrected chi connectivity index (χ1v) is 9.22. The quantitative estimate of drug-likeness (QED) is 0.517. The number of thiazole rings is 1. The molecule has 7 nitrogen and oxygen atoms in total. The summed E-state index contributed by atoms with van der Waals surface area (Å²) < 4.78 is 17.6. The van der Waals surface area contributed by atoms with E-state index in [-0.39, 0.29) is 5.56 Å². The van der Waals surface area contributed by atoms with Crippen LogP contribution in [0.5, 0.6) is 17.2 Å². The highest BCUT2D eigenvalue weighted by Gasteiger charge is 2.13. The van der Waals surface area contributed by atoms with E-state index in [0.29, 0.717) is 26.8 Å².